The molecule has 1 saturated heterocycles. The highest BCUT2D eigenvalue weighted by molar-refractivity contribution is 9.09. The normalized spacial score (nSPS) is 27.2. The Kier molecular flexibility index (Phi) is 3.87. The van der Waals surface area contributed by atoms with Gasteiger partial charge in [0.2, 0.25) is 5.91 Å². The lowest BCUT2D eigenvalue weighted by atomic mass is 10.00. The van der Waals surface area contributed by atoms with E-state index in [-0.39, 0.29) is 23.7 Å². The van der Waals surface area contributed by atoms with Crippen LogP contribution < -0.4 is 5.32 Å². The first-order valence-electron chi connectivity index (χ1n) is 4.08. The van der Waals surface area contributed by atoms with E-state index in [4.69, 9.17) is 4.74 Å². The lowest BCUT2D eigenvalue weighted by Gasteiger charge is -2.15. The van der Waals surface area contributed by atoms with Gasteiger partial charge >= 0.3 is 0 Å². The molecule has 4 nitrogen and oxygen atoms in total. The van der Waals surface area contributed by atoms with Crippen LogP contribution >= 0.6 is 15.9 Å². The number of rotatable bonds is 3. The minimum Gasteiger partial charge on any atom is -0.378 e. The van der Waals surface area contributed by atoms with Crippen LogP contribution in [0.2, 0.25) is 0 Å². The molecule has 1 heterocycles. The first-order chi connectivity index (χ1) is 6.15. The summed E-state index contributed by atoms with van der Waals surface area (Å²) in [4.78, 5) is 22.1. The van der Waals surface area contributed by atoms with E-state index in [1.165, 1.54) is 6.92 Å². The molecule has 1 N–H and O–H groups in total. The predicted molar refractivity (Wildman–Crippen MR) is 50.7 cm³/mol. The molecule has 0 bridgehead atoms. The van der Waals surface area contributed by atoms with Gasteiger partial charge in [-0.25, -0.2) is 0 Å². The van der Waals surface area contributed by atoms with Crippen LogP contribution in [-0.4, -0.2) is 36.3 Å². The van der Waals surface area contributed by atoms with Crippen molar-refractivity contribution in [3.05, 3.63) is 0 Å². The van der Waals surface area contributed by atoms with Crippen molar-refractivity contribution in [1.82, 2.24) is 5.32 Å². The lowest BCUT2D eigenvalue weighted by molar-refractivity contribution is -0.122. The third-order valence-corrected chi connectivity index (χ3v) is 2.57. The molecule has 0 aromatic heterocycles. The molecule has 2 unspecified atom stereocenters. The van der Waals surface area contributed by atoms with Crippen molar-refractivity contribution in [2.24, 2.45) is 5.92 Å². The van der Waals surface area contributed by atoms with Crippen molar-refractivity contribution in [2.45, 2.75) is 13.0 Å². The number of hydrogen-bond acceptors (Lipinski definition) is 3. The van der Waals surface area contributed by atoms with Crippen LogP contribution in [0, 0.1) is 5.92 Å². The molecule has 2 atom stereocenters. The van der Waals surface area contributed by atoms with Crippen molar-refractivity contribution in [1.29, 1.82) is 0 Å². The Balaban J connectivity index is 2.53. The standard InChI is InChI=1S/C8H12BrNO3/c1-5(11)10-7-4-13-3-6(7)8(12)2-9/h6-7H,2-4H2,1H3,(H,10,11). The fourth-order valence-corrected chi connectivity index (χ4v) is 1.79. The van der Waals surface area contributed by atoms with Crippen molar-refractivity contribution >= 4 is 27.6 Å². The molecule has 74 valence electrons. The van der Waals surface area contributed by atoms with Gasteiger partial charge in [-0.2, -0.15) is 0 Å². The Morgan fingerprint density at radius 3 is 2.77 bits per heavy atom. The molecule has 1 fully saturated rings. The number of nitrogens with one attached hydrogen (secondary N) is 1. The number of hydrogen-bond donors (Lipinski definition) is 1. The molecule has 0 aliphatic carbocycles. The smallest absolute Gasteiger partial charge is 0.217 e. The van der Waals surface area contributed by atoms with Crippen LogP contribution in [0.5, 0.6) is 0 Å². The van der Waals surface area contributed by atoms with Crippen LogP contribution in [0.15, 0.2) is 0 Å². The van der Waals surface area contributed by atoms with Crippen LogP contribution in [-0.2, 0) is 14.3 Å². The summed E-state index contributed by atoms with van der Waals surface area (Å²) in [5.74, 6) is -0.234. The summed E-state index contributed by atoms with van der Waals surface area (Å²) in [6.45, 7) is 2.28. The van der Waals surface area contributed by atoms with Gasteiger partial charge in [0.25, 0.3) is 0 Å². The monoisotopic (exact) mass is 249 g/mol. The van der Waals surface area contributed by atoms with Gasteiger partial charge in [-0.05, 0) is 0 Å². The third-order valence-electron chi connectivity index (χ3n) is 2.01. The van der Waals surface area contributed by atoms with E-state index in [1.807, 2.05) is 0 Å². The summed E-state index contributed by atoms with van der Waals surface area (Å²) in [7, 11) is 0. The van der Waals surface area contributed by atoms with Crippen LogP contribution in [0.25, 0.3) is 0 Å². The number of carbonyl (C=O) groups excluding carboxylic acids is 2. The molecule has 1 amide bonds. The lowest BCUT2D eigenvalue weighted by Crippen LogP contribution is -2.42. The Morgan fingerprint density at radius 2 is 2.23 bits per heavy atom. The van der Waals surface area contributed by atoms with Gasteiger partial charge in [0.15, 0.2) is 5.78 Å². The van der Waals surface area contributed by atoms with E-state index >= 15 is 0 Å². The highest BCUT2D eigenvalue weighted by atomic mass is 79.9. The number of ether oxygens (including phenoxy) is 1. The number of ketones is 1. The van der Waals surface area contributed by atoms with Gasteiger partial charge in [0.1, 0.15) is 0 Å². The molecular formula is C8H12BrNO3. The Labute approximate surface area is 85.1 Å². The first kappa shape index (κ1) is 10.7. The summed E-state index contributed by atoms with van der Waals surface area (Å²) in [5, 5.41) is 3.02. The third kappa shape index (κ3) is 2.77. The van der Waals surface area contributed by atoms with E-state index in [0.717, 1.165) is 0 Å². The minimum atomic E-state index is -0.191. The Hall–Kier alpha value is -0.420. The predicted octanol–water partition coefficient (Wildman–Crippen LogP) is 0.101. The zero-order valence-electron chi connectivity index (χ0n) is 7.38. The van der Waals surface area contributed by atoms with Gasteiger partial charge in [-0.15, -0.1) is 0 Å². The highest BCUT2D eigenvalue weighted by Gasteiger charge is 2.33. The van der Waals surface area contributed by atoms with E-state index < -0.39 is 0 Å². The number of amides is 1. The summed E-state index contributed by atoms with van der Waals surface area (Å²) in [6.07, 6.45) is 0. The average Bonchev–Trinajstić information content (AvgIpc) is 2.50. The maximum atomic E-state index is 11.3. The zero-order chi connectivity index (χ0) is 9.84. The van der Waals surface area contributed by atoms with Crippen molar-refractivity contribution in [3.8, 4) is 0 Å². The van der Waals surface area contributed by atoms with Crippen molar-refractivity contribution in [2.75, 3.05) is 18.5 Å². The number of halogens is 1. The Morgan fingerprint density at radius 1 is 1.54 bits per heavy atom. The fraction of sp³-hybridized carbons (Fsp3) is 0.750. The molecule has 13 heavy (non-hydrogen) atoms. The number of carbonyl (C=O) groups is 2. The molecule has 0 aromatic carbocycles. The van der Waals surface area contributed by atoms with E-state index in [1.54, 1.807) is 0 Å². The van der Waals surface area contributed by atoms with Gasteiger partial charge in [0, 0.05) is 6.92 Å². The van der Waals surface area contributed by atoms with Crippen molar-refractivity contribution < 1.29 is 14.3 Å². The largest absolute Gasteiger partial charge is 0.378 e. The van der Waals surface area contributed by atoms with Crippen LogP contribution in [0.1, 0.15) is 6.92 Å². The second-order valence-electron chi connectivity index (χ2n) is 3.05. The maximum absolute atomic E-state index is 11.3. The highest BCUT2D eigenvalue weighted by Crippen LogP contribution is 2.15. The molecule has 1 aliphatic heterocycles. The molecular weight excluding hydrogens is 238 g/mol. The van der Waals surface area contributed by atoms with Crippen LogP contribution in [0.4, 0.5) is 0 Å². The minimum absolute atomic E-state index is 0.0799. The summed E-state index contributed by atoms with van der Waals surface area (Å²) in [5.41, 5.74) is 0. The maximum Gasteiger partial charge on any atom is 0.217 e. The van der Waals surface area contributed by atoms with Crippen LogP contribution in [0.3, 0.4) is 0 Å². The SMILES string of the molecule is CC(=O)NC1COCC1C(=O)CBr. The molecule has 0 aromatic rings. The Bertz CT molecular complexity index is 219. The van der Waals surface area contributed by atoms with E-state index in [9.17, 15) is 9.59 Å². The average molecular weight is 250 g/mol. The number of alkyl halides is 1. The quantitative estimate of drug-likeness (QED) is 0.723. The summed E-state index contributed by atoms with van der Waals surface area (Å²) in [6, 6.07) is -0.150. The molecule has 0 radical (unpaired) electrons. The zero-order valence-corrected chi connectivity index (χ0v) is 8.96. The first-order valence-corrected chi connectivity index (χ1v) is 5.21. The number of Topliss-reactive ketones (excluding diaryl/α,β-unsaturated/α-hetero) is 1. The van der Waals surface area contributed by atoms with Crippen molar-refractivity contribution in [3.63, 3.8) is 0 Å². The van der Waals surface area contributed by atoms with E-state index in [2.05, 4.69) is 21.2 Å². The summed E-state index contributed by atoms with van der Waals surface area (Å²) < 4.78 is 5.14. The fourth-order valence-electron chi connectivity index (χ4n) is 1.37. The van der Waals surface area contributed by atoms with Gasteiger partial charge in [-0.3, -0.25) is 9.59 Å². The van der Waals surface area contributed by atoms with Gasteiger partial charge in [-0.1, -0.05) is 15.9 Å². The topological polar surface area (TPSA) is 55.4 Å². The second kappa shape index (κ2) is 4.72. The van der Waals surface area contributed by atoms with Gasteiger partial charge in [0.05, 0.1) is 30.5 Å². The molecule has 1 aliphatic rings. The second-order valence-corrected chi connectivity index (χ2v) is 3.61. The molecule has 0 spiro atoms. The van der Waals surface area contributed by atoms with Gasteiger partial charge < -0.3 is 10.1 Å². The molecule has 1 rings (SSSR count). The molecule has 5 heteroatoms. The van der Waals surface area contributed by atoms with E-state index in [0.29, 0.717) is 18.5 Å². The summed E-state index contributed by atoms with van der Waals surface area (Å²) >= 11 is 3.10. The molecule has 0 saturated carbocycles.